The number of imidazole rings is 1. The molecule has 1 unspecified atom stereocenters. The van der Waals surface area contributed by atoms with Crippen molar-refractivity contribution in [3.8, 4) is 0 Å². The third-order valence-electron chi connectivity index (χ3n) is 6.38. The van der Waals surface area contributed by atoms with E-state index in [0.29, 0.717) is 35.7 Å². The van der Waals surface area contributed by atoms with Crippen LogP contribution in [-0.2, 0) is 6.42 Å². The number of carbonyl (C=O) groups is 1. The van der Waals surface area contributed by atoms with E-state index in [1.807, 2.05) is 12.1 Å². The topological polar surface area (TPSA) is 73.8 Å². The van der Waals surface area contributed by atoms with Crippen LogP contribution in [0.15, 0.2) is 40.1 Å². The average Bonchev–Trinajstić information content (AvgIpc) is 3.55. The van der Waals surface area contributed by atoms with E-state index >= 15 is 0 Å². The summed E-state index contributed by atoms with van der Waals surface area (Å²) in [7, 11) is 0. The normalized spacial score (nSPS) is 12.8. The first-order valence-corrected chi connectivity index (χ1v) is 13.1. The summed E-state index contributed by atoms with van der Waals surface area (Å²) in [5.74, 6) is 2.57. The van der Waals surface area contributed by atoms with Gasteiger partial charge in [0.15, 0.2) is 5.78 Å². The Bertz CT molecular complexity index is 1240. The van der Waals surface area contributed by atoms with Crippen molar-refractivity contribution in [1.82, 2.24) is 19.7 Å². The maximum atomic E-state index is 13.3. The predicted octanol–water partition coefficient (Wildman–Crippen LogP) is 7.14. The van der Waals surface area contributed by atoms with Crippen molar-refractivity contribution in [2.75, 3.05) is 0 Å². The van der Waals surface area contributed by atoms with Crippen molar-refractivity contribution in [2.45, 2.75) is 78.7 Å². The number of nitrogens with zero attached hydrogens (tertiary/aromatic N) is 4. The summed E-state index contributed by atoms with van der Waals surface area (Å²) >= 11 is 1.76. The van der Waals surface area contributed by atoms with Gasteiger partial charge in [0.2, 0.25) is 11.8 Å². The molecule has 4 aromatic rings. The molecule has 0 bridgehead atoms. The van der Waals surface area contributed by atoms with Gasteiger partial charge < -0.3 is 8.98 Å². The van der Waals surface area contributed by atoms with E-state index in [1.54, 1.807) is 18.3 Å². The number of hydrogen-bond acceptors (Lipinski definition) is 6. The predicted molar refractivity (Wildman–Crippen MR) is 137 cm³/mol. The molecule has 1 atom stereocenters. The number of thiophene rings is 1. The van der Waals surface area contributed by atoms with Gasteiger partial charge in [0.1, 0.15) is 5.82 Å². The molecule has 3 aromatic heterocycles. The lowest BCUT2D eigenvalue weighted by molar-refractivity contribution is 0.0965. The van der Waals surface area contributed by atoms with Gasteiger partial charge in [-0.05, 0) is 54.8 Å². The lowest BCUT2D eigenvalue weighted by Crippen LogP contribution is -2.12. The molecular weight excluding hydrogens is 444 g/mol. The summed E-state index contributed by atoms with van der Waals surface area (Å²) in [4.78, 5) is 19.6. The van der Waals surface area contributed by atoms with Crippen LogP contribution in [0, 0.1) is 12.8 Å². The minimum absolute atomic E-state index is 0.0825. The number of benzene rings is 1. The van der Waals surface area contributed by atoms with E-state index in [-0.39, 0.29) is 11.7 Å². The fourth-order valence-corrected chi connectivity index (χ4v) is 5.44. The highest BCUT2D eigenvalue weighted by atomic mass is 32.1. The van der Waals surface area contributed by atoms with Gasteiger partial charge >= 0.3 is 0 Å². The number of ketones is 1. The molecule has 6 nitrogen and oxygen atoms in total. The van der Waals surface area contributed by atoms with Crippen LogP contribution in [0.25, 0.3) is 11.0 Å². The highest BCUT2D eigenvalue weighted by molar-refractivity contribution is 7.09. The zero-order valence-corrected chi connectivity index (χ0v) is 21.6. The molecule has 4 rings (SSSR count). The fourth-order valence-electron chi connectivity index (χ4n) is 4.74. The van der Waals surface area contributed by atoms with Crippen molar-refractivity contribution >= 4 is 28.2 Å². The number of rotatable bonds is 11. The van der Waals surface area contributed by atoms with Crippen molar-refractivity contribution in [3.05, 3.63) is 63.8 Å². The first kappa shape index (κ1) is 24.3. The summed E-state index contributed by atoms with van der Waals surface area (Å²) in [6, 6.07) is 10.6. The Morgan fingerprint density at radius 3 is 2.56 bits per heavy atom. The molecule has 0 aliphatic carbocycles. The third kappa shape index (κ3) is 5.30. The minimum atomic E-state index is -0.0825. The summed E-state index contributed by atoms with van der Waals surface area (Å²) < 4.78 is 8.07. The first-order valence-electron chi connectivity index (χ1n) is 12.3. The average molecular weight is 479 g/mol. The molecule has 0 radical (unpaired) electrons. The van der Waals surface area contributed by atoms with E-state index in [1.165, 1.54) is 4.88 Å². The Hall–Kier alpha value is -2.80. The maximum Gasteiger partial charge on any atom is 0.220 e. The zero-order valence-electron chi connectivity index (χ0n) is 20.7. The molecule has 0 amide bonds. The van der Waals surface area contributed by atoms with Gasteiger partial charge in [0.05, 0.1) is 11.0 Å². The summed E-state index contributed by atoms with van der Waals surface area (Å²) in [6.45, 7) is 10.5. The monoisotopic (exact) mass is 478 g/mol. The van der Waals surface area contributed by atoms with Gasteiger partial charge in [-0.3, -0.25) is 4.79 Å². The number of fused-ring (bicyclic) bond motifs is 1. The van der Waals surface area contributed by atoms with Gasteiger partial charge in [-0.15, -0.1) is 21.5 Å². The van der Waals surface area contributed by atoms with E-state index in [0.717, 1.165) is 42.5 Å². The molecule has 1 aromatic carbocycles. The summed E-state index contributed by atoms with van der Waals surface area (Å²) in [5.41, 5.74) is 2.68. The first-order chi connectivity index (χ1) is 16.4. The number of aryl methyl sites for hydroxylation is 1. The molecule has 0 saturated carbocycles. The molecular formula is C27H34N4O2S. The lowest BCUT2D eigenvalue weighted by atomic mass is 9.90. The molecule has 180 valence electrons. The Morgan fingerprint density at radius 2 is 1.94 bits per heavy atom. The zero-order chi connectivity index (χ0) is 24.2. The van der Waals surface area contributed by atoms with Gasteiger partial charge in [-0.1, -0.05) is 33.8 Å². The van der Waals surface area contributed by atoms with E-state index in [4.69, 9.17) is 9.40 Å². The van der Waals surface area contributed by atoms with Crippen LogP contribution in [0.5, 0.6) is 0 Å². The number of hydrogen-bond donors (Lipinski definition) is 0. The number of carbonyl (C=O) groups excluding carboxylic acids is 1. The fraction of sp³-hybridized carbons (Fsp3) is 0.481. The molecule has 34 heavy (non-hydrogen) atoms. The van der Waals surface area contributed by atoms with Crippen molar-refractivity contribution in [1.29, 1.82) is 0 Å². The Morgan fingerprint density at radius 1 is 1.15 bits per heavy atom. The second kappa shape index (κ2) is 10.6. The standard InChI is InChI=1S/C27H34N4O2S/c1-6-21(7-2)31-24-11-10-19(14-23(24)28-26(31)16-22-9-8-12-34-22)25(32)15-20(13-17(3)4)27-30-29-18(5)33-27/h8-12,14,17,20-21H,6-7,13,15-16H2,1-5H3. The van der Waals surface area contributed by atoms with Gasteiger partial charge in [0.25, 0.3) is 0 Å². The number of Topliss-reactive ketones (excluding diaryl/α,β-unsaturated/α-hetero) is 1. The van der Waals surface area contributed by atoms with E-state index in [2.05, 4.69) is 66.0 Å². The molecule has 0 saturated heterocycles. The van der Waals surface area contributed by atoms with E-state index in [9.17, 15) is 4.79 Å². The Kier molecular flexibility index (Phi) is 7.61. The largest absolute Gasteiger partial charge is 0.425 e. The number of aromatic nitrogens is 4. The molecule has 0 N–H and O–H groups in total. The molecule has 3 heterocycles. The van der Waals surface area contributed by atoms with Crippen LogP contribution in [0.1, 0.15) is 98.2 Å². The van der Waals surface area contributed by atoms with Crippen LogP contribution in [0.3, 0.4) is 0 Å². The van der Waals surface area contributed by atoms with Crippen LogP contribution in [0.4, 0.5) is 0 Å². The van der Waals surface area contributed by atoms with Crippen LogP contribution in [-0.4, -0.2) is 25.5 Å². The SMILES string of the molecule is CCC(CC)n1c(Cc2cccs2)nc2cc(C(=O)CC(CC(C)C)c3nnc(C)o3)ccc21. The van der Waals surface area contributed by atoms with Gasteiger partial charge in [-0.25, -0.2) is 4.98 Å². The molecule has 0 spiro atoms. The van der Waals surface area contributed by atoms with Crippen LogP contribution in [0.2, 0.25) is 0 Å². The summed E-state index contributed by atoms with van der Waals surface area (Å²) in [6.07, 6.45) is 4.06. The summed E-state index contributed by atoms with van der Waals surface area (Å²) in [5, 5.41) is 10.3. The maximum absolute atomic E-state index is 13.3. The Balaban J connectivity index is 1.66. The minimum Gasteiger partial charge on any atom is -0.425 e. The third-order valence-corrected chi connectivity index (χ3v) is 7.26. The van der Waals surface area contributed by atoms with Crippen LogP contribution < -0.4 is 0 Å². The highest BCUT2D eigenvalue weighted by Crippen LogP contribution is 2.31. The smallest absolute Gasteiger partial charge is 0.220 e. The lowest BCUT2D eigenvalue weighted by Gasteiger charge is -2.19. The second-order valence-corrected chi connectivity index (χ2v) is 10.5. The quantitative estimate of drug-likeness (QED) is 0.214. The molecule has 0 aliphatic rings. The van der Waals surface area contributed by atoms with E-state index < -0.39 is 0 Å². The molecule has 0 aliphatic heterocycles. The Labute approximate surface area is 205 Å². The van der Waals surface area contributed by atoms with Gasteiger partial charge in [-0.2, -0.15) is 0 Å². The highest BCUT2D eigenvalue weighted by Gasteiger charge is 2.24. The van der Waals surface area contributed by atoms with Crippen molar-refractivity contribution in [3.63, 3.8) is 0 Å². The van der Waals surface area contributed by atoms with Crippen LogP contribution >= 0.6 is 11.3 Å². The molecule has 0 fully saturated rings. The van der Waals surface area contributed by atoms with Gasteiger partial charge in [0, 0.05) is 42.2 Å². The van der Waals surface area contributed by atoms with Crippen molar-refractivity contribution < 1.29 is 9.21 Å². The second-order valence-electron chi connectivity index (χ2n) is 9.44. The molecule has 7 heteroatoms. The van der Waals surface area contributed by atoms with Crippen molar-refractivity contribution in [2.24, 2.45) is 5.92 Å².